The van der Waals surface area contributed by atoms with Crippen molar-refractivity contribution in [3.63, 3.8) is 0 Å². The smallest absolute Gasteiger partial charge is 0.252 e. The molecule has 1 heterocycles. The quantitative estimate of drug-likeness (QED) is 0.815. The van der Waals surface area contributed by atoms with Crippen LogP contribution < -0.4 is 11.1 Å². The SMILES string of the molecule is CCC(N)(CC)CNC(=O)c1cncc(C)c1. The third kappa shape index (κ3) is 3.82. The predicted molar refractivity (Wildman–Crippen MR) is 68.8 cm³/mol. The molecule has 4 heteroatoms. The second kappa shape index (κ2) is 5.77. The van der Waals surface area contributed by atoms with Crippen LogP contribution in [0.1, 0.15) is 42.6 Å². The Morgan fingerprint density at radius 1 is 1.41 bits per heavy atom. The fourth-order valence-corrected chi connectivity index (χ4v) is 1.54. The summed E-state index contributed by atoms with van der Waals surface area (Å²) in [5, 5.41) is 2.86. The number of nitrogens with two attached hydrogens (primary N) is 1. The van der Waals surface area contributed by atoms with Gasteiger partial charge in [-0.3, -0.25) is 9.78 Å². The maximum Gasteiger partial charge on any atom is 0.252 e. The molecule has 0 radical (unpaired) electrons. The Balaban J connectivity index is 2.62. The summed E-state index contributed by atoms with van der Waals surface area (Å²) in [4.78, 5) is 15.9. The van der Waals surface area contributed by atoms with Gasteiger partial charge in [0, 0.05) is 24.5 Å². The van der Waals surface area contributed by atoms with Crippen LogP contribution in [-0.4, -0.2) is 23.0 Å². The lowest BCUT2D eigenvalue weighted by atomic mass is 9.94. The van der Waals surface area contributed by atoms with E-state index in [9.17, 15) is 4.79 Å². The van der Waals surface area contributed by atoms with Crippen LogP contribution in [-0.2, 0) is 0 Å². The van der Waals surface area contributed by atoms with E-state index in [1.807, 2.05) is 26.8 Å². The number of hydrogen-bond acceptors (Lipinski definition) is 3. The number of rotatable bonds is 5. The molecule has 3 N–H and O–H groups in total. The molecule has 0 unspecified atom stereocenters. The largest absolute Gasteiger partial charge is 0.350 e. The van der Waals surface area contributed by atoms with Crippen molar-refractivity contribution in [1.82, 2.24) is 10.3 Å². The van der Waals surface area contributed by atoms with Crippen molar-refractivity contribution < 1.29 is 4.79 Å². The van der Waals surface area contributed by atoms with Crippen molar-refractivity contribution in [2.24, 2.45) is 5.73 Å². The molecule has 17 heavy (non-hydrogen) atoms. The Kier molecular flexibility index (Phi) is 4.63. The molecule has 0 bridgehead atoms. The van der Waals surface area contributed by atoms with Crippen LogP contribution in [0, 0.1) is 6.92 Å². The van der Waals surface area contributed by atoms with E-state index < -0.39 is 0 Å². The van der Waals surface area contributed by atoms with Gasteiger partial charge < -0.3 is 11.1 Å². The Hall–Kier alpha value is -1.42. The minimum atomic E-state index is -0.313. The second-order valence-electron chi connectivity index (χ2n) is 4.50. The number of nitrogens with zero attached hydrogens (tertiary/aromatic N) is 1. The number of carbonyl (C=O) groups excluding carboxylic acids is 1. The van der Waals surface area contributed by atoms with Crippen LogP contribution in [0.2, 0.25) is 0 Å². The highest BCUT2D eigenvalue weighted by Crippen LogP contribution is 2.10. The van der Waals surface area contributed by atoms with Gasteiger partial charge in [-0.15, -0.1) is 0 Å². The van der Waals surface area contributed by atoms with Crippen molar-refractivity contribution in [2.45, 2.75) is 39.2 Å². The first-order valence-corrected chi connectivity index (χ1v) is 5.99. The lowest BCUT2D eigenvalue weighted by Gasteiger charge is -2.26. The number of amides is 1. The van der Waals surface area contributed by atoms with Gasteiger partial charge >= 0.3 is 0 Å². The maximum absolute atomic E-state index is 11.9. The molecule has 0 aliphatic rings. The fraction of sp³-hybridized carbons (Fsp3) is 0.538. The molecule has 0 spiro atoms. The normalized spacial score (nSPS) is 11.3. The first-order valence-electron chi connectivity index (χ1n) is 5.99. The lowest BCUT2D eigenvalue weighted by molar-refractivity contribution is 0.0941. The van der Waals surface area contributed by atoms with Crippen LogP contribution in [0.4, 0.5) is 0 Å². The van der Waals surface area contributed by atoms with Crippen LogP contribution in [0.15, 0.2) is 18.5 Å². The van der Waals surface area contributed by atoms with E-state index in [2.05, 4.69) is 10.3 Å². The molecule has 1 aromatic rings. The maximum atomic E-state index is 11.9. The van der Waals surface area contributed by atoms with E-state index in [4.69, 9.17) is 5.73 Å². The lowest BCUT2D eigenvalue weighted by Crippen LogP contribution is -2.49. The van der Waals surface area contributed by atoms with Gasteiger partial charge in [-0.1, -0.05) is 13.8 Å². The number of hydrogen-bond donors (Lipinski definition) is 2. The van der Waals surface area contributed by atoms with Gasteiger partial charge in [-0.25, -0.2) is 0 Å². The molecule has 94 valence electrons. The molecular weight excluding hydrogens is 214 g/mol. The summed E-state index contributed by atoms with van der Waals surface area (Å²) in [5.41, 5.74) is 7.37. The zero-order chi connectivity index (χ0) is 12.9. The minimum absolute atomic E-state index is 0.113. The third-order valence-corrected chi connectivity index (χ3v) is 3.15. The van der Waals surface area contributed by atoms with E-state index in [0.29, 0.717) is 12.1 Å². The summed E-state index contributed by atoms with van der Waals surface area (Å²) in [5.74, 6) is -0.113. The Bertz CT molecular complexity index is 386. The molecule has 0 fully saturated rings. The topological polar surface area (TPSA) is 68.0 Å². The molecule has 4 nitrogen and oxygen atoms in total. The van der Waals surface area contributed by atoms with Crippen LogP contribution in [0.5, 0.6) is 0 Å². The molecule has 0 saturated carbocycles. The average Bonchev–Trinajstić information content (AvgIpc) is 2.35. The summed E-state index contributed by atoms with van der Waals surface area (Å²) in [6, 6.07) is 1.82. The first-order chi connectivity index (χ1) is 8.00. The van der Waals surface area contributed by atoms with Gasteiger partial charge in [0.15, 0.2) is 0 Å². The van der Waals surface area contributed by atoms with E-state index in [1.165, 1.54) is 0 Å². The number of aromatic nitrogens is 1. The van der Waals surface area contributed by atoms with Crippen molar-refractivity contribution in [3.05, 3.63) is 29.6 Å². The Morgan fingerprint density at radius 3 is 2.59 bits per heavy atom. The van der Waals surface area contributed by atoms with E-state index in [-0.39, 0.29) is 11.4 Å². The number of pyridine rings is 1. The molecule has 0 aromatic carbocycles. The van der Waals surface area contributed by atoms with Crippen molar-refractivity contribution in [1.29, 1.82) is 0 Å². The summed E-state index contributed by atoms with van der Waals surface area (Å²) in [6.07, 6.45) is 4.98. The molecule has 1 amide bonds. The van der Waals surface area contributed by atoms with Gasteiger partial charge in [-0.05, 0) is 31.4 Å². The van der Waals surface area contributed by atoms with Crippen molar-refractivity contribution in [2.75, 3.05) is 6.54 Å². The van der Waals surface area contributed by atoms with Gasteiger partial charge in [0.25, 0.3) is 5.91 Å². The Labute approximate surface area is 103 Å². The minimum Gasteiger partial charge on any atom is -0.350 e. The van der Waals surface area contributed by atoms with Crippen LogP contribution in [0.3, 0.4) is 0 Å². The third-order valence-electron chi connectivity index (χ3n) is 3.15. The summed E-state index contributed by atoms with van der Waals surface area (Å²) in [7, 11) is 0. The summed E-state index contributed by atoms with van der Waals surface area (Å²) >= 11 is 0. The second-order valence-corrected chi connectivity index (χ2v) is 4.50. The highest BCUT2D eigenvalue weighted by molar-refractivity contribution is 5.94. The molecule has 0 saturated heterocycles. The van der Waals surface area contributed by atoms with Crippen LogP contribution >= 0.6 is 0 Å². The first kappa shape index (κ1) is 13.6. The van der Waals surface area contributed by atoms with Crippen molar-refractivity contribution >= 4 is 5.91 Å². The number of nitrogens with one attached hydrogen (secondary N) is 1. The summed E-state index contributed by atoms with van der Waals surface area (Å²) in [6.45, 7) is 6.47. The standard InChI is InChI=1S/C13H21N3O/c1-4-13(14,5-2)9-16-12(17)11-6-10(3)7-15-8-11/h6-8H,4-5,9,14H2,1-3H3,(H,16,17). The number of carbonyl (C=O) groups is 1. The van der Waals surface area contributed by atoms with E-state index in [0.717, 1.165) is 18.4 Å². The average molecular weight is 235 g/mol. The summed E-state index contributed by atoms with van der Waals surface area (Å²) < 4.78 is 0. The zero-order valence-electron chi connectivity index (χ0n) is 10.8. The Morgan fingerprint density at radius 2 is 2.06 bits per heavy atom. The van der Waals surface area contributed by atoms with Gasteiger partial charge in [0.2, 0.25) is 0 Å². The van der Waals surface area contributed by atoms with Gasteiger partial charge in [0.1, 0.15) is 0 Å². The fourth-order valence-electron chi connectivity index (χ4n) is 1.54. The van der Waals surface area contributed by atoms with Gasteiger partial charge in [-0.2, -0.15) is 0 Å². The molecule has 1 aromatic heterocycles. The van der Waals surface area contributed by atoms with E-state index in [1.54, 1.807) is 12.4 Å². The van der Waals surface area contributed by atoms with Crippen LogP contribution in [0.25, 0.3) is 0 Å². The highest BCUT2D eigenvalue weighted by atomic mass is 16.1. The van der Waals surface area contributed by atoms with Crippen molar-refractivity contribution in [3.8, 4) is 0 Å². The molecule has 0 aliphatic carbocycles. The highest BCUT2D eigenvalue weighted by Gasteiger charge is 2.21. The molecular formula is C13H21N3O. The van der Waals surface area contributed by atoms with E-state index >= 15 is 0 Å². The molecule has 0 aliphatic heterocycles. The van der Waals surface area contributed by atoms with Gasteiger partial charge in [0.05, 0.1) is 5.56 Å². The number of aryl methyl sites for hydroxylation is 1. The molecule has 0 atom stereocenters. The zero-order valence-corrected chi connectivity index (χ0v) is 10.8. The monoisotopic (exact) mass is 235 g/mol. The molecule has 1 rings (SSSR count). The predicted octanol–water partition coefficient (Wildman–Crippen LogP) is 1.64.